The first kappa shape index (κ1) is 15.8. The number of fused-ring (bicyclic) bond motifs is 1. The summed E-state index contributed by atoms with van der Waals surface area (Å²) in [7, 11) is 0. The van der Waals surface area contributed by atoms with Gasteiger partial charge in [0.1, 0.15) is 12.1 Å². The summed E-state index contributed by atoms with van der Waals surface area (Å²) < 4.78 is 7.25. The fourth-order valence-corrected chi connectivity index (χ4v) is 3.73. The predicted molar refractivity (Wildman–Crippen MR) is 91.0 cm³/mol. The van der Waals surface area contributed by atoms with E-state index in [1.165, 1.54) is 6.33 Å². The number of furan rings is 1. The van der Waals surface area contributed by atoms with Crippen LogP contribution in [0.2, 0.25) is 0 Å². The second-order valence-corrected chi connectivity index (χ2v) is 6.49. The molecule has 0 N–H and O–H groups in total. The van der Waals surface area contributed by atoms with Gasteiger partial charge in [-0.05, 0) is 50.8 Å². The van der Waals surface area contributed by atoms with Crippen LogP contribution in [0.4, 0.5) is 0 Å². The zero-order valence-corrected chi connectivity index (χ0v) is 14.5. The predicted octanol–water partition coefficient (Wildman–Crippen LogP) is 2.63. The molecule has 1 amide bonds. The lowest BCUT2D eigenvalue weighted by molar-refractivity contribution is -0.132. The molecular weight excluding hydrogens is 318 g/mol. The monoisotopic (exact) mass is 339 g/mol. The third kappa shape index (κ3) is 2.79. The summed E-state index contributed by atoms with van der Waals surface area (Å²) in [6.07, 6.45) is 6.26. The maximum Gasteiger partial charge on any atom is 0.252 e. The Labute approximate surface area is 145 Å². The van der Waals surface area contributed by atoms with Gasteiger partial charge in [0, 0.05) is 24.4 Å². The van der Waals surface area contributed by atoms with Gasteiger partial charge >= 0.3 is 0 Å². The molecule has 7 nitrogen and oxygen atoms in total. The van der Waals surface area contributed by atoms with Crippen LogP contribution in [0.1, 0.15) is 48.0 Å². The lowest BCUT2D eigenvalue weighted by atomic mass is 10.1. The Morgan fingerprint density at radius 2 is 2.28 bits per heavy atom. The van der Waals surface area contributed by atoms with E-state index in [9.17, 15) is 4.79 Å². The van der Waals surface area contributed by atoms with E-state index in [2.05, 4.69) is 15.1 Å². The van der Waals surface area contributed by atoms with Crippen LogP contribution in [-0.2, 0) is 11.2 Å². The van der Waals surface area contributed by atoms with E-state index >= 15 is 0 Å². The van der Waals surface area contributed by atoms with Crippen molar-refractivity contribution >= 4 is 11.7 Å². The fourth-order valence-electron chi connectivity index (χ4n) is 3.73. The van der Waals surface area contributed by atoms with Crippen molar-refractivity contribution < 1.29 is 9.21 Å². The first-order valence-corrected chi connectivity index (χ1v) is 8.64. The van der Waals surface area contributed by atoms with Gasteiger partial charge in [-0.25, -0.2) is 9.50 Å². The summed E-state index contributed by atoms with van der Waals surface area (Å²) in [5.41, 5.74) is 2.98. The average molecular weight is 339 g/mol. The maximum absolute atomic E-state index is 12.8. The van der Waals surface area contributed by atoms with E-state index in [0.29, 0.717) is 18.6 Å². The van der Waals surface area contributed by atoms with Crippen LogP contribution in [0.15, 0.2) is 29.1 Å². The van der Waals surface area contributed by atoms with E-state index in [4.69, 9.17) is 4.42 Å². The highest BCUT2D eigenvalue weighted by atomic mass is 16.3. The number of likely N-dealkylation sites (tertiary alicyclic amines) is 1. The van der Waals surface area contributed by atoms with Crippen molar-refractivity contribution in [3.63, 3.8) is 0 Å². The summed E-state index contributed by atoms with van der Waals surface area (Å²) in [4.78, 5) is 23.3. The Kier molecular flexibility index (Phi) is 3.99. The number of aromatic nitrogens is 4. The Hall–Kier alpha value is -2.70. The molecular formula is C18H21N5O2. The van der Waals surface area contributed by atoms with Crippen molar-refractivity contribution in [2.45, 2.75) is 45.6 Å². The normalized spacial score (nSPS) is 17.5. The molecule has 7 heteroatoms. The Bertz CT molecular complexity index is 900. The second kappa shape index (κ2) is 6.31. The smallest absolute Gasteiger partial charge is 0.252 e. The van der Waals surface area contributed by atoms with Gasteiger partial charge in [-0.15, -0.1) is 0 Å². The lowest BCUT2D eigenvalue weighted by Gasteiger charge is -2.23. The van der Waals surface area contributed by atoms with E-state index in [0.717, 1.165) is 42.1 Å². The van der Waals surface area contributed by atoms with Gasteiger partial charge in [0.05, 0.1) is 12.3 Å². The Morgan fingerprint density at radius 1 is 1.40 bits per heavy atom. The summed E-state index contributed by atoms with van der Waals surface area (Å²) >= 11 is 0. The molecule has 0 saturated carbocycles. The minimum absolute atomic E-state index is 0.0700. The number of hydrogen-bond acceptors (Lipinski definition) is 5. The molecule has 1 fully saturated rings. The third-order valence-electron chi connectivity index (χ3n) is 5.02. The molecule has 4 heterocycles. The molecule has 1 aliphatic heterocycles. The number of carbonyl (C=O) groups excluding carboxylic acids is 1. The fraction of sp³-hybridized carbons (Fsp3) is 0.444. The summed E-state index contributed by atoms with van der Waals surface area (Å²) in [5, 5.41) is 4.21. The zero-order valence-electron chi connectivity index (χ0n) is 14.5. The number of amides is 1. The minimum Gasteiger partial charge on any atom is -0.467 e. The van der Waals surface area contributed by atoms with E-state index in [-0.39, 0.29) is 11.9 Å². The third-order valence-corrected chi connectivity index (χ3v) is 5.02. The molecule has 0 aromatic carbocycles. The van der Waals surface area contributed by atoms with Gasteiger partial charge in [0.15, 0.2) is 0 Å². The second-order valence-electron chi connectivity index (χ2n) is 6.49. The van der Waals surface area contributed by atoms with Crippen LogP contribution in [0.3, 0.4) is 0 Å². The van der Waals surface area contributed by atoms with Crippen LogP contribution in [0.25, 0.3) is 5.78 Å². The van der Waals surface area contributed by atoms with Crippen LogP contribution < -0.4 is 0 Å². The summed E-state index contributed by atoms with van der Waals surface area (Å²) in [5.74, 6) is 1.64. The standard InChI is InChI=1S/C18H21N5O2/c1-12-14(13(2)23-18(21-12)19-11-20-23)7-8-17(24)22-9-3-5-15(22)16-6-4-10-25-16/h4,6,10-11,15H,3,5,7-9H2,1-2H3. The molecule has 0 radical (unpaired) electrons. The highest BCUT2D eigenvalue weighted by Gasteiger charge is 2.31. The summed E-state index contributed by atoms with van der Waals surface area (Å²) in [6.45, 7) is 4.75. The first-order chi connectivity index (χ1) is 12.1. The number of carbonyl (C=O) groups is 1. The van der Waals surface area contributed by atoms with Gasteiger partial charge < -0.3 is 9.32 Å². The molecule has 25 heavy (non-hydrogen) atoms. The molecule has 1 unspecified atom stereocenters. The number of rotatable bonds is 4. The number of aryl methyl sites for hydroxylation is 2. The van der Waals surface area contributed by atoms with Crippen LogP contribution in [0.5, 0.6) is 0 Å². The van der Waals surface area contributed by atoms with Crippen LogP contribution >= 0.6 is 0 Å². The van der Waals surface area contributed by atoms with Gasteiger partial charge in [-0.1, -0.05) is 0 Å². The van der Waals surface area contributed by atoms with E-state index < -0.39 is 0 Å². The molecule has 0 aliphatic carbocycles. The quantitative estimate of drug-likeness (QED) is 0.730. The maximum atomic E-state index is 12.8. The molecule has 130 valence electrons. The van der Waals surface area contributed by atoms with Gasteiger partial charge in [0.2, 0.25) is 5.91 Å². The van der Waals surface area contributed by atoms with Crippen molar-refractivity contribution in [1.29, 1.82) is 0 Å². The van der Waals surface area contributed by atoms with Gasteiger partial charge in [0.25, 0.3) is 5.78 Å². The van der Waals surface area contributed by atoms with Crippen LogP contribution in [0, 0.1) is 13.8 Å². The van der Waals surface area contributed by atoms with E-state index in [1.54, 1.807) is 10.8 Å². The molecule has 3 aromatic heterocycles. The number of hydrogen-bond donors (Lipinski definition) is 0. The van der Waals surface area contributed by atoms with E-state index in [1.807, 2.05) is 30.9 Å². The largest absolute Gasteiger partial charge is 0.467 e. The molecule has 0 bridgehead atoms. The molecule has 1 aliphatic rings. The molecule has 4 rings (SSSR count). The van der Waals surface area contributed by atoms with Crippen molar-refractivity contribution in [3.8, 4) is 0 Å². The molecule has 1 atom stereocenters. The first-order valence-electron chi connectivity index (χ1n) is 8.64. The average Bonchev–Trinajstić information content (AvgIpc) is 3.33. The van der Waals surface area contributed by atoms with Crippen molar-refractivity contribution in [3.05, 3.63) is 47.4 Å². The zero-order chi connectivity index (χ0) is 17.4. The SMILES string of the molecule is Cc1nc2ncnn2c(C)c1CCC(=O)N1CCCC1c1ccco1. The highest BCUT2D eigenvalue weighted by molar-refractivity contribution is 5.77. The molecule has 0 spiro atoms. The van der Waals surface area contributed by atoms with Crippen molar-refractivity contribution in [2.24, 2.45) is 0 Å². The highest BCUT2D eigenvalue weighted by Crippen LogP contribution is 2.32. The van der Waals surface area contributed by atoms with Crippen LogP contribution in [-0.4, -0.2) is 36.9 Å². The number of nitrogens with zero attached hydrogens (tertiary/aromatic N) is 5. The lowest BCUT2D eigenvalue weighted by Crippen LogP contribution is -2.30. The van der Waals surface area contributed by atoms with Gasteiger partial charge in [-0.3, -0.25) is 4.79 Å². The molecule has 3 aromatic rings. The van der Waals surface area contributed by atoms with Crippen molar-refractivity contribution in [2.75, 3.05) is 6.54 Å². The topological polar surface area (TPSA) is 76.5 Å². The molecule has 1 saturated heterocycles. The Balaban J connectivity index is 1.50. The minimum atomic E-state index is 0.0700. The summed E-state index contributed by atoms with van der Waals surface area (Å²) in [6, 6.07) is 3.90. The van der Waals surface area contributed by atoms with Crippen molar-refractivity contribution in [1.82, 2.24) is 24.5 Å². The Morgan fingerprint density at radius 3 is 3.08 bits per heavy atom. The van der Waals surface area contributed by atoms with Gasteiger partial charge in [-0.2, -0.15) is 10.1 Å².